The van der Waals surface area contributed by atoms with Gasteiger partial charge in [-0.15, -0.1) is 0 Å². The van der Waals surface area contributed by atoms with Gasteiger partial charge in [0.1, 0.15) is 22.9 Å². The molecule has 0 aliphatic rings. The second kappa shape index (κ2) is 10.6. The van der Waals surface area contributed by atoms with Crippen molar-refractivity contribution in [1.29, 1.82) is 0 Å². The van der Waals surface area contributed by atoms with Gasteiger partial charge in [0.05, 0.1) is 13.2 Å². The highest BCUT2D eigenvalue weighted by atomic mass is 19.1. The number of anilines is 1. The molecule has 0 heterocycles. The van der Waals surface area contributed by atoms with Crippen molar-refractivity contribution in [2.45, 2.75) is 38.9 Å². The summed E-state index contributed by atoms with van der Waals surface area (Å²) in [6.45, 7) is 5.36. The third-order valence-corrected chi connectivity index (χ3v) is 5.13. The average molecular weight is 468 g/mol. The van der Waals surface area contributed by atoms with Gasteiger partial charge in [-0.2, -0.15) is 0 Å². The molecule has 1 atom stereocenters. The zero-order valence-corrected chi connectivity index (χ0v) is 20.0. The van der Waals surface area contributed by atoms with E-state index in [2.05, 4.69) is 5.32 Å². The number of hydrogen-bond acceptors (Lipinski definition) is 5. The van der Waals surface area contributed by atoms with Gasteiger partial charge in [0, 0.05) is 30.3 Å². The van der Waals surface area contributed by atoms with Gasteiger partial charge in [-0.1, -0.05) is 30.3 Å². The molecule has 0 saturated heterocycles. The molecule has 34 heavy (non-hydrogen) atoms. The third-order valence-electron chi connectivity index (χ3n) is 5.13. The lowest BCUT2D eigenvalue weighted by atomic mass is 9.94. The van der Waals surface area contributed by atoms with Gasteiger partial charge in [-0.3, -0.25) is 5.32 Å². The lowest BCUT2D eigenvalue weighted by molar-refractivity contribution is 0.0636. The molecule has 1 amide bonds. The molecule has 0 aromatic heterocycles. The van der Waals surface area contributed by atoms with Crippen LogP contribution in [0.4, 0.5) is 14.9 Å². The Labute approximate surface area is 199 Å². The van der Waals surface area contributed by atoms with Crippen molar-refractivity contribution in [3.8, 4) is 22.6 Å². The fourth-order valence-corrected chi connectivity index (χ4v) is 3.71. The van der Waals surface area contributed by atoms with E-state index >= 15 is 0 Å². The summed E-state index contributed by atoms with van der Waals surface area (Å²) < 4.78 is 30.7. The van der Waals surface area contributed by atoms with Gasteiger partial charge in [0.2, 0.25) is 0 Å². The summed E-state index contributed by atoms with van der Waals surface area (Å²) in [5, 5.41) is 13.1. The number of benzene rings is 3. The van der Waals surface area contributed by atoms with Crippen molar-refractivity contribution in [3.63, 3.8) is 0 Å². The fraction of sp³-hybridized carbons (Fsp3) is 0.296. The highest BCUT2D eigenvalue weighted by molar-refractivity contribution is 5.88. The highest BCUT2D eigenvalue weighted by Crippen LogP contribution is 2.40. The maximum absolute atomic E-state index is 13.9. The summed E-state index contributed by atoms with van der Waals surface area (Å²) in [6.07, 6.45) is -1.00. The van der Waals surface area contributed by atoms with Crippen molar-refractivity contribution in [1.82, 2.24) is 0 Å². The molecule has 0 aliphatic carbocycles. The van der Waals surface area contributed by atoms with Crippen molar-refractivity contribution in [3.05, 3.63) is 77.6 Å². The topological polar surface area (TPSA) is 77.0 Å². The van der Waals surface area contributed by atoms with Crippen LogP contribution in [0.1, 0.15) is 38.0 Å². The van der Waals surface area contributed by atoms with E-state index in [1.54, 1.807) is 33.9 Å². The Bertz CT molecular complexity index is 1140. The normalized spacial score (nSPS) is 12.2. The summed E-state index contributed by atoms with van der Waals surface area (Å²) in [5.74, 6) is 0.0320. The Kier molecular flexibility index (Phi) is 7.79. The molecule has 0 spiro atoms. The molecule has 1 unspecified atom stereocenters. The van der Waals surface area contributed by atoms with Crippen LogP contribution in [0.3, 0.4) is 0 Å². The Morgan fingerprint density at radius 2 is 1.76 bits per heavy atom. The van der Waals surface area contributed by atoms with Crippen LogP contribution >= 0.6 is 0 Å². The van der Waals surface area contributed by atoms with Crippen LogP contribution in [0.5, 0.6) is 11.5 Å². The van der Waals surface area contributed by atoms with Gasteiger partial charge in [0.25, 0.3) is 0 Å². The van der Waals surface area contributed by atoms with Crippen molar-refractivity contribution >= 4 is 11.8 Å². The number of phenols is 1. The molecule has 0 radical (unpaired) electrons. The molecule has 180 valence electrons. The molecule has 0 bridgehead atoms. The number of rotatable bonds is 7. The minimum absolute atomic E-state index is 0.0708. The number of nitrogens with one attached hydrogen (secondary N) is 1. The van der Waals surface area contributed by atoms with E-state index in [4.69, 9.17) is 14.2 Å². The molecule has 2 N–H and O–H groups in total. The number of methoxy groups -OCH3 is 2. The standard InChI is InChI=1S/C27H30FNO5/c1-27(2,3)34-26(31)29-20-13-18(14-24(32-4)22-15-19(28)11-12-23(22)30)25(33-5)21(16-20)17-9-7-6-8-10-17/h6-13,15-16,24,30H,14H2,1-5H3,(H,29,31). The number of aromatic hydroxyl groups is 1. The van der Waals surface area contributed by atoms with Gasteiger partial charge in [-0.05, 0) is 62.2 Å². The predicted molar refractivity (Wildman–Crippen MR) is 130 cm³/mol. The lowest BCUT2D eigenvalue weighted by Crippen LogP contribution is -2.27. The van der Waals surface area contributed by atoms with Gasteiger partial charge < -0.3 is 19.3 Å². The number of halogens is 1. The molecule has 6 nitrogen and oxygen atoms in total. The van der Waals surface area contributed by atoms with E-state index in [0.29, 0.717) is 22.6 Å². The number of phenolic OH excluding ortho intramolecular Hbond substituents is 1. The molecule has 3 aromatic rings. The first kappa shape index (κ1) is 25.1. The first-order valence-electron chi connectivity index (χ1n) is 10.9. The van der Waals surface area contributed by atoms with E-state index in [0.717, 1.165) is 11.1 Å². The molecule has 7 heteroatoms. The minimum atomic E-state index is -0.662. The molecular formula is C27H30FNO5. The number of carbonyl (C=O) groups excluding carboxylic acids is 1. The van der Waals surface area contributed by atoms with Crippen LogP contribution in [-0.2, 0) is 15.9 Å². The number of hydrogen-bond donors (Lipinski definition) is 2. The Morgan fingerprint density at radius 3 is 2.38 bits per heavy atom. The summed E-state index contributed by atoms with van der Waals surface area (Å²) >= 11 is 0. The van der Waals surface area contributed by atoms with Crippen molar-refractivity contribution < 1.29 is 28.5 Å². The van der Waals surface area contributed by atoms with Crippen LogP contribution in [0.2, 0.25) is 0 Å². The summed E-state index contributed by atoms with van der Waals surface area (Å²) in [6, 6.07) is 16.9. The second-order valence-corrected chi connectivity index (χ2v) is 8.84. The number of carbonyl (C=O) groups is 1. The van der Waals surface area contributed by atoms with Crippen LogP contribution < -0.4 is 10.1 Å². The number of ether oxygens (including phenoxy) is 3. The molecule has 3 rings (SSSR count). The Hall–Kier alpha value is -3.58. The van der Waals surface area contributed by atoms with E-state index < -0.39 is 23.6 Å². The highest BCUT2D eigenvalue weighted by Gasteiger charge is 2.23. The van der Waals surface area contributed by atoms with Crippen LogP contribution in [0.15, 0.2) is 60.7 Å². The van der Waals surface area contributed by atoms with Crippen molar-refractivity contribution in [2.24, 2.45) is 0 Å². The zero-order chi connectivity index (χ0) is 24.9. The first-order valence-corrected chi connectivity index (χ1v) is 10.9. The average Bonchev–Trinajstić information content (AvgIpc) is 2.78. The summed E-state index contributed by atoms with van der Waals surface area (Å²) in [4.78, 5) is 12.5. The largest absolute Gasteiger partial charge is 0.508 e. The van der Waals surface area contributed by atoms with Crippen LogP contribution in [-0.4, -0.2) is 31.0 Å². The molecule has 0 saturated carbocycles. The fourth-order valence-electron chi connectivity index (χ4n) is 3.71. The Morgan fingerprint density at radius 1 is 1.06 bits per heavy atom. The quantitative estimate of drug-likeness (QED) is 0.416. The zero-order valence-electron chi connectivity index (χ0n) is 20.0. The molecular weight excluding hydrogens is 437 g/mol. The van der Waals surface area contributed by atoms with E-state index in [1.165, 1.54) is 25.3 Å². The van der Waals surface area contributed by atoms with Crippen LogP contribution in [0.25, 0.3) is 11.1 Å². The van der Waals surface area contributed by atoms with Crippen LogP contribution in [0, 0.1) is 5.82 Å². The Balaban J connectivity index is 2.08. The molecule has 0 aliphatic heterocycles. The molecule has 3 aromatic carbocycles. The number of amides is 1. The monoisotopic (exact) mass is 467 g/mol. The summed E-state index contributed by atoms with van der Waals surface area (Å²) in [7, 11) is 3.05. The maximum Gasteiger partial charge on any atom is 0.412 e. The predicted octanol–water partition coefficient (Wildman–Crippen LogP) is 6.48. The van der Waals surface area contributed by atoms with E-state index in [1.807, 2.05) is 36.4 Å². The van der Waals surface area contributed by atoms with Crippen molar-refractivity contribution in [2.75, 3.05) is 19.5 Å². The first-order chi connectivity index (χ1) is 16.1. The third kappa shape index (κ3) is 6.26. The van der Waals surface area contributed by atoms with Gasteiger partial charge >= 0.3 is 6.09 Å². The second-order valence-electron chi connectivity index (χ2n) is 8.84. The lowest BCUT2D eigenvalue weighted by Gasteiger charge is -2.23. The SMILES string of the molecule is COc1c(CC(OC)c2cc(F)ccc2O)cc(NC(=O)OC(C)(C)C)cc1-c1ccccc1. The van der Waals surface area contributed by atoms with E-state index in [-0.39, 0.29) is 12.2 Å². The molecule has 0 fully saturated rings. The maximum atomic E-state index is 13.9. The van der Waals surface area contributed by atoms with Gasteiger partial charge in [0.15, 0.2) is 0 Å². The van der Waals surface area contributed by atoms with Gasteiger partial charge in [-0.25, -0.2) is 9.18 Å². The smallest absolute Gasteiger partial charge is 0.412 e. The van der Waals surface area contributed by atoms with E-state index in [9.17, 15) is 14.3 Å². The minimum Gasteiger partial charge on any atom is -0.508 e. The summed E-state index contributed by atoms with van der Waals surface area (Å²) in [5.41, 5.74) is 2.50.